The fourth-order valence-corrected chi connectivity index (χ4v) is 2.04. The molecule has 1 fully saturated rings. The fraction of sp³-hybridized carbons (Fsp3) is 0.500. The molecule has 0 bridgehead atoms. The first-order valence-corrected chi connectivity index (χ1v) is 6.00. The molecule has 1 aliphatic carbocycles. The second-order valence-electron chi connectivity index (χ2n) is 4.25. The van der Waals surface area contributed by atoms with Gasteiger partial charge in [0.25, 0.3) is 0 Å². The monoisotopic (exact) mass is 238 g/mol. The summed E-state index contributed by atoms with van der Waals surface area (Å²) in [5, 5.41) is 9.57. The van der Waals surface area contributed by atoms with Crippen molar-refractivity contribution in [1.29, 1.82) is 0 Å². The number of para-hydroxylation sites is 1. The first kappa shape index (κ1) is 12.4. The Hall–Kier alpha value is -1.07. The molecule has 5 heteroatoms. The van der Waals surface area contributed by atoms with Crippen LogP contribution < -0.4 is 4.65 Å². The van der Waals surface area contributed by atoms with Crippen LogP contribution in [0.5, 0.6) is 5.75 Å². The first-order chi connectivity index (χ1) is 8.25. The van der Waals surface area contributed by atoms with E-state index in [1.165, 1.54) is 18.6 Å². The molecule has 1 N–H and O–H groups in total. The summed E-state index contributed by atoms with van der Waals surface area (Å²) in [6, 6.07) is 5.95. The Morgan fingerprint density at radius 3 is 2.59 bits per heavy atom. The predicted octanol–water partition coefficient (Wildman–Crippen LogP) is 2.53. The molecule has 0 unspecified atom stereocenters. The lowest BCUT2D eigenvalue weighted by molar-refractivity contribution is 0.0936. The number of halogens is 1. The Morgan fingerprint density at radius 2 is 1.88 bits per heavy atom. The van der Waals surface area contributed by atoms with E-state index in [1.54, 1.807) is 12.1 Å². The van der Waals surface area contributed by atoms with Gasteiger partial charge in [-0.2, -0.15) is 0 Å². The van der Waals surface area contributed by atoms with Crippen molar-refractivity contribution in [2.75, 3.05) is 0 Å². The van der Waals surface area contributed by atoms with Crippen LogP contribution in [-0.2, 0) is 4.65 Å². The molecule has 92 valence electrons. The Balaban J connectivity index is 1.84. The van der Waals surface area contributed by atoms with Gasteiger partial charge in [-0.1, -0.05) is 31.4 Å². The fourth-order valence-electron chi connectivity index (χ4n) is 2.04. The molecule has 0 aromatic heterocycles. The van der Waals surface area contributed by atoms with Crippen LogP contribution in [0.1, 0.15) is 32.1 Å². The highest BCUT2D eigenvalue weighted by atomic mass is 19.1. The van der Waals surface area contributed by atoms with Gasteiger partial charge in [0.15, 0.2) is 5.82 Å². The van der Waals surface area contributed by atoms with Crippen LogP contribution in [0.25, 0.3) is 0 Å². The minimum Gasteiger partial charge on any atom is -0.509 e. The molecule has 0 aliphatic heterocycles. The average Bonchev–Trinajstić information content (AvgIpc) is 2.33. The summed E-state index contributed by atoms with van der Waals surface area (Å²) in [6.45, 7) is 0. The number of rotatable bonds is 4. The van der Waals surface area contributed by atoms with Gasteiger partial charge in [-0.15, -0.1) is 0 Å². The average molecular weight is 238 g/mol. The lowest BCUT2D eigenvalue weighted by Crippen LogP contribution is -2.33. The van der Waals surface area contributed by atoms with Gasteiger partial charge in [0.05, 0.1) is 0 Å². The van der Waals surface area contributed by atoms with E-state index in [0.29, 0.717) is 0 Å². The van der Waals surface area contributed by atoms with Crippen LogP contribution in [0.4, 0.5) is 4.39 Å². The Morgan fingerprint density at radius 1 is 1.18 bits per heavy atom. The molecule has 0 heterocycles. The maximum atomic E-state index is 13.2. The van der Waals surface area contributed by atoms with Gasteiger partial charge >= 0.3 is 7.32 Å². The zero-order valence-electron chi connectivity index (χ0n) is 9.64. The van der Waals surface area contributed by atoms with Gasteiger partial charge in [-0.05, 0) is 25.0 Å². The van der Waals surface area contributed by atoms with E-state index in [9.17, 15) is 9.41 Å². The summed E-state index contributed by atoms with van der Waals surface area (Å²) in [5.74, 6) is -0.491. The highest BCUT2D eigenvalue weighted by molar-refractivity contribution is 6.35. The van der Waals surface area contributed by atoms with E-state index in [4.69, 9.17) is 9.31 Å². The van der Waals surface area contributed by atoms with Crippen LogP contribution >= 0.6 is 0 Å². The van der Waals surface area contributed by atoms with Gasteiger partial charge in [-0.25, -0.2) is 4.39 Å². The molecule has 2 rings (SSSR count). The molecule has 0 saturated heterocycles. The molecule has 0 spiro atoms. The highest BCUT2D eigenvalue weighted by Gasteiger charge is 2.26. The second-order valence-corrected chi connectivity index (χ2v) is 4.25. The van der Waals surface area contributed by atoms with Crippen molar-refractivity contribution >= 4 is 7.32 Å². The van der Waals surface area contributed by atoms with Crippen LogP contribution in [0, 0.1) is 5.82 Å². The van der Waals surface area contributed by atoms with Crippen molar-refractivity contribution in [2.45, 2.75) is 38.2 Å². The van der Waals surface area contributed by atoms with E-state index in [-0.39, 0.29) is 11.9 Å². The summed E-state index contributed by atoms with van der Waals surface area (Å²) in [6.07, 6.45) is 5.30. The quantitative estimate of drug-likeness (QED) is 0.819. The van der Waals surface area contributed by atoms with Crippen molar-refractivity contribution in [3.8, 4) is 5.75 Å². The third kappa shape index (κ3) is 3.72. The third-order valence-corrected chi connectivity index (χ3v) is 2.93. The van der Waals surface area contributed by atoms with E-state index in [1.807, 2.05) is 0 Å². The predicted molar refractivity (Wildman–Crippen MR) is 63.0 cm³/mol. The molecule has 0 amide bonds. The highest BCUT2D eigenvalue weighted by Crippen LogP contribution is 2.22. The van der Waals surface area contributed by atoms with Gasteiger partial charge in [0, 0.05) is 6.10 Å². The minimum atomic E-state index is -1.39. The lowest BCUT2D eigenvalue weighted by Gasteiger charge is -2.23. The SMILES string of the molecule is OB(Oc1ccccc1F)OC1CCCCC1. The zero-order valence-corrected chi connectivity index (χ0v) is 9.64. The Bertz CT molecular complexity index is 355. The van der Waals surface area contributed by atoms with Crippen LogP contribution in [0.15, 0.2) is 24.3 Å². The van der Waals surface area contributed by atoms with Crippen molar-refractivity contribution in [3.63, 3.8) is 0 Å². The minimum absolute atomic E-state index is 0.0100. The summed E-state index contributed by atoms with van der Waals surface area (Å²) in [7, 11) is -1.39. The van der Waals surface area contributed by atoms with Crippen molar-refractivity contribution in [3.05, 3.63) is 30.1 Å². The molecule has 1 aromatic rings. The lowest BCUT2D eigenvalue weighted by atomic mass is 9.96. The smallest absolute Gasteiger partial charge is 0.509 e. The molecule has 1 saturated carbocycles. The summed E-state index contributed by atoms with van der Waals surface area (Å²) < 4.78 is 23.6. The molecular weight excluding hydrogens is 222 g/mol. The van der Waals surface area contributed by atoms with Crippen LogP contribution in [0.3, 0.4) is 0 Å². The first-order valence-electron chi connectivity index (χ1n) is 6.00. The molecule has 1 aliphatic rings. The van der Waals surface area contributed by atoms with E-state index < -0.39 is 13.1 Å². The summed E-state index contributed by atoms with van der Waals surface area (Å²) in [5.41, 5.74) is 0. The summed E-state index contributed by atoms with van der Waals surface area (Å²) >= 11 is 0. The van der Waals surface area contributed by atoms with Gasteiger partial charge < -0.3 is 14.3 Å². The molecule has 1 aromatic carbocycles. The number of benzene rings is 1. The normalized spacial score (nSPS) is 16.8. The van der Waals surface area contributed by atoms with Gasteiger partial charge in [-0.3, -0.25) is 0 Å². The topological polar surface area (TPSA) is 38.7 Å². The zero-order chi connectivity index (χ0) is 12.1. The standard InChI is InChI=1S/C12H16BFO3/c14-11-8-4-5-9-12(11)17-13(15)16-10-6-2-1-3-7-10/h4-5,8-10,15H,1-3,6-7H2. The maximum Gasteiger partial charge on any atom is 0.710 e. The molecule has 0 atom stereocenters. The summed E-state index contributed by atoms with van der Waals surface area (Å²) in [4.78, 5) is 0. The Kier molecular flexibility index (Phi) is 4.39. The number of hydrogen-bond donors (Lipinski definition) is 1. The van der Waals surface area contributed by atoms with E-state index in [2.05, 4.69) is 0 Å². The Labute approximate surface area is 101 Å². The number of hydrogen-bond acceptors (Lipinski definition) is 3. The van der Waals surface area contributed by atoms with Crippen LogP contribution in [-0.4, -0.2) is 18.4 Å². The molecule has 3 nitrogen and oxygen atoms in total. The molecular formula is C12H16BFO3. The third-order valence-electron chi connectivity index (χ3n) is 2.93. The second kappa shape index (κ2) is 6.03. The maximum absolute atomic E-state index is 13.2. The van der Waals surface area contributed by atoms with Crippen molar-refractivity contribution in [1.82, 2.24) is 0 Å². The van der Waals surface area contributed by atoms with Gasteiger partial charge in [0.2, 0.25) is 0 Å². The van der Waals surface area contributed by atoms with Gasteiger partial charge in [0.1, 0.15) is 5.75 Å². The largest absolute Gasteiger partial charge is 0.710 e. The molecule has 0 radical (unpaired) electrons. The molecule has 17 heavy (non-hydrogen) atoms. The van der Waals surface area contributed by atoms with E-state index >= 15 is 0 Å². The van der Waals surface area contributed by atoms with Crippen molar-refractivity contribution in [2.24, 2.45) is 0 Å². The van der Waals surface area contributed by atoms with Crippen molar-refractivity contribution < 1.29 is 18.7 Å². The van der Waals surface area contributed by atoms with E-state index in [0.717, 1.165) is 25.7 Å². The van der Waals surface area contributed by atoms with Crippen LogP contribution in [0.2, 0.25) is 0 Å².